The first-order chi connectivity index (χ1) is 17.9. The summed E-state index contributed by atoms with van der Waals surface area (Å²) in [5.41, 5.74) is 7.45. The van der Waals surface area contributed by atoms with Gasteiger partial charge in [0.2, 0.25) is 0 Å². The van der Waals surface area contributed by atoms with Crippen LogP contribution in [0.5, 0.6) is 11.5 Å². The highest BCUT2D eigenvalue weighted by molar-refractivity contribution is 5.85. The number of nitrogens with two attached hydrogens (primary N) is 1. The Kier molecular flexibility index (Phi) is 8.89. The van der Waals surface area contributed by atoms with E-state index in [1.165, 1.54) is 0 Å². The number of fused-ring (bicyclic) bond motifs is 1. The van der Waals surface area contributed by atoms with Gasteiger partial charge in [-0.15, -0.1) is 0 Å². The highest BCUT2D eigenvalue weighted by atomic mass is 19.1. The fourth-order valence-corrected chi connectivity index (χ4v) is 5.11. The van der Waals surface area contributed by atoms with Crippen LogP contribution in [0.4, 0.5) is 13.2 Å². The lowest BCUT2D eigenvalue weighted by Gasteiger charge is -2.41. The van der Waals surface area contributed by atoms with Crippen molar-refractivity contribution in [3.05, 3.63) is 65.4 Å². The maximum atomic E-state index is 15.8. The molecule has 1 aliphatic heterocycles. The molecular weight excluding hydrogens is 483 g/mol. The fraction of sp³-hybridized carbons (Fsp3) is 0.464. The summed E-state index contributed by atoms with van der Waals surface area (Å²) < 4.78 is 53.3. The summed E-state index contributed by atoms with van der Waals surface area (Å²) in [6.45, 7) is 2.50. The lowest BCUT2D eigenvalue weighted by atomic mass is 9.74. The molecule has 0 radical (unpaired) electrons. The van der Waals surface area contributed by atoms with Gasteiger partial charge in [0.05, 0.1) is 12.6 Å². The predicted octanol–water partition coefficient (Wildman–Crippen LogP) is 4.92. The van der Waals surface area contributed by atoms with Gasteiger partial charge in [-0.05, 0) is 68.0 Å². The van der Waals surface area contributed by atoms with Crippen LogP contribution in [0.25, 0.3) is 10.9 Å². The second kappa shape index (κ2) is 12.1. The number of rotatable bonds is 11. The van der Waals surface area contributed by atoms with Crippen molar-refractivity contribution in [2.75, 3.05) is 40.0 Å². The van der Waals surface area contributed by atoms with Crippen molar-refractivity contribution >= 4 is 10.9 Å². The lowest BCUT2D eigenvalue weighted by Crippen LogP contribution is -2.43. The van der Waals surface area contributed by atoms with E-state index in [-0.39, 0.29) is 30.7 Å². The molecule has 1 saturated heterocycles. The van der Waals surface area contributed by atoms with Crippen molar-refractivity contribution in [3.63, 3.8) is 0 Å². The molecule has 200 valence electrons. The standard InChI is InChI=1S/C28H34F3N3O3/c1-36-22-2-3-26-24(15-22)27(19(16-32)17-33-26)25(31)4-5-28(18-35)6-8-34(9-7-28)10-11-37-23-13-20(29)12-21(30)14-23/h2-3,12-15,17,25,35H,4-11,16,18,32H2,1H3/t25-/m1/s1. The molecule has 0 amide bonds. The summed E-state index contributed by atoms with van der Waals surface area (Å²) in [6.07, 6.45) is 2.63. The highest BCUT2D eigenvalue weighted by Gasteiger charge is 2.35. The molecule has 0 aliphatic carbocycles. The number of piperidine rings is 1. The number of aliphatic hydroxyl groups is 1. The van der Waals surface area contributed by atoms with E-state index in [9.17, 15) is 13.9 Å². The average Bonchev–Trinajstić information content (AvgIpc) is 2.91. The first-order valence-electron chi connectivity index (χ1n) is 12.6. The number of halogens is 3. The Morgan fingerprint density at radius 1 is 1.11 bits per heavy atom. The van der Waals surface area contributed by atoms with Gasteiger partial charge in [-0.2, -0.15) is 0 Å². The van der Waals surface area contributed by atoms with Gasteiger partial charge < -0.3 is 20.3 Å². The van der Waals surface area contributed by atoms with Crippen molar-refractivity contribution < 1.29 is 27.8 Å². The molecule has 9 heteroatoms. The molecule has 0 bridgehead atoms. The first-order valence-corrected chi connectivity index (χ1v) is 12.6. The van der Waals surface area contributed by atoms with E-state index in [0.29, 0.717) is 47.4 Å². The molecule has 2 aromatic carbocycles. The minimum absolute atomic E-state index is 0.0126. The number of hydrogen-bond acceptors (Lipinski definition) is 6. The minimum Gasteiger partial charge on any atom is -0.497 e. The summed E-state index contributed by atoms with van der Waals surface area (Å²) in [5.74, 6) is -0.567. The molecule has 0 unspecified atom stereocenters. The maximum Gasteiger partial charge on any atom is 0.129 e. The molecule has 2 heterocycles. The van der Waals surface area contributed by atoms with Crippen LogP contribution in [0.3, 0.4) is 0 Å². The predicted molar refractivity (Wildman–Crippen MR) is 136 cm³/mol. The van der Waals surface area contributed by atoms with Crippen LogP contribution in [-0.2, 0) is 6.54 Å². The van der Waals surface area contributed by atoms with Crippen molar-refractivity contribution in [1.29, 1.82) is 0 Å². The number of nitrogens with zero attached hydrogens (tertiary/aromatic N) is 2. The van der Waals surface area contributed by atoms with E-state index in [1.807, 2.05) is 6.07 Å². The van der Waals surface area contributed by atoms with Gasteiger partial charge in [0.25, 0.3) is 0 Å². The average molecular weight is 518 g/mol. The zero-order chi connectivity index (χ0) is 26.4. The van der Waals surface area contributed by atoms with E-state index in [0.717, 1.165) is 44.1 Å². The minimum atomic E-state index is -1.25. The second-order valence-electron chi connectivity index (χ2n) is 9.74. The van der Waals surface area contributed by atoms with E-state index >= 15 is 4.39 Å². The quantitative estimate of drug-likeness (QED) is 0.376. The first kappa shape index (κ1) is 27.2. The third kappa shape index (κ3) is 6.52. The molecule has 3 N–H and O–H groups in total. The van der Waals surface area contributed by atoms with E-state index in [4.69, 9.17) is 15.2 Å². The van der Waals surface area contributed by atoms with Crippen LogP contribution in [0, 0.1) is 17.0 Å². The second-order valence-corrected chi connectivity index (χ2v) is 9.74. The number of hydrogen-bond donors (Lipinski definition) is 2. The third-order valence-corrected chi connectivity index (χ3v) is 7.43. The lowest BCUT2D eigenvalue weighted by molar-refractivity contribution is 0.0265. The maximum absolute atomic E-state index is 15.8. The van der Waals surface area contributed by atoms with Gasteiger partial charge in [-0.25, -0.2) is 13.2 Å². The summed E-state index contributed by atoms with van der Waals surface area (Å²) in [4.78, 5) is 6.60. The summed E-state index contributed by atoms with van der Waals surface area (Å²) >= 11 is 0. The molecule has 1 aliphatic rings. The van der Waals surface area contributed by atoms with E-state index < -0.39 is 17.8 Å². The molecule has 1 aromatic heterocycles. The molecule has 6 nitrogen and oxygen atoms in total. The molecule has 3 aromatic rings. The zero-order valence-corrected chi connectivity index (χ0v) is 21.1. The Bertz CT molecular complexity index is 1180. The summed E-state index contributed by atoms with van der Waals surface area (Å²) in [5, 5.41) is 10.9. The third-order valence-electron chi connectivity index (χ3n) is 7.43. The van der Waals surface area contributed by atoms with Gasteiger partial charge in [0, 0.05) is 55.0 Å². The Labute approximate surface area is 215 Å². The molecular formula is C28H34F3N3O3. The monoisotopic (exact) mass is 517 g/mol. The van der Waals surface area contributed by atoms with Crippen LogP contribution < -0.4 is 15.2 Å². The SMILES string of the molecule is COc1ccc2ncc(CN)c([C@H](F)CCC3(CO)CCN(CCOc4cc(F)cc(F)c4)CC3)c2c1. The largest absolute Gasteiger partial charge is 0.497 e. The number of ether oxygens (including phenoxy) is 2. The van der Waals surface area contributed by atoms with E-state index in [2.05, 4.69) is 9.88 Å². The zero-order valence-electron chi connectivity index (χ0n) is 21.1. The van der Waals surface area contributed by atoms with Crippen LogP contribution >= 0.6 is 0 Å². The van der Waals surface area contributed by atoms with Crippen LogP contribution in [0.15, 0.2) is 42.6 Å². The number of aliphatic hydroxyl groups excluding tert-OH is 1. The molecule has 1 atom stereocenters. The number of benzene rings is 2. The molecule has 1 fully saturated rings. The molecule has 4 rings (SSSR count). The van der Waals surface area contributed by atoms with Crippen molar-refractivity contribution in [2.45, 2.75) is 38.4 Å². The molecule has 0 spiro atoms. The van der Waals surface area contributed by atoms with Crippen LogP contribution in [-0.4, -0.2) is 54.9 Å². The van der Waals surface area contributed by atoms with Crippen molar-refractivity contribution in [2.24, 2.45) is 11.1 Å². The van der Waals surface area contributed by atoms with E-state index in [1.54, 1.807) is 25.4 Å². The number of pyridine rings is 1. The molecule has 37 heavy (non-hydrogen) atoms. The van der Waals surface area contributed by atoms with Gasteiger partial charge in [-0.1, -0.05) is 0 Å². The Morgan fingerprint density at radius 3 is 2.49 bits per heavy atom. The van der Waals surface area contributed by atoms with Gasteiger partial charge in [0.15, 0.2) is 0 Å². The van der Waals surface area contributed by atoms with Gasteiger partial charge in [-0.3, -0.25) is 9.88 Å². The number of aromatic nitrogens is 1. The topological polar surface area (TPSA) is 80.8 Å². The number of likely N-dealkylation sites (tertiary alicyclic amines) is 1. The van der Waals surface area contributed by atoms with Gasteiger partial charge in [0.1, 0.15) is 35.9 Å². The number of alkyl halides is 1. The van der Waals surface area contributed by atoms with Gasteiger partial charge >= 0.3 is 0 Å². The highest BCUT2D eigenvalue weighted by Crippen LogP contribution is 2.41. The molecule has 0 saturated carbocycles. The normalized spacial score (nSPS) is 16.6. The van der Waals surface area contributed by atoms with Crippen molar-refractivity contribution in [3.8, 4) is 11.5 Å². The fourth-order valence-electron chi connectivity index (χ4n) is 5.11. The summed E-state index contributed by atoms with van der Waals surface area (Å²) in [6, 6.07) is 8.51. The Morgan fingerprint density at radius 2 is 1.84 bits per heavy atom. The van der Waals surface area contributed by atoms with Crippen LogP contribution in [0.1, 0.15) is 43.0 Å². The van der Waals surface area contributed by atoms with Crippen LogP contribution in [0.2, 0.25) is 0 Å². The Balaban J connectivity index is 1.35. The smallest absolute Gasteiger partial charge is 0.129 e. The van der Waals surface area contributed by atoms with Crippen molar-refractivity contribution in [1.82, 2.24) is 9.88 Å². The summed E-state index contributed by atoms with van der Waals surface area (Å²) in [7, 11) is 1.57. The Hall–Kier alpha value is -2.88. The number of methoxy groups -OCH3 is 1.